The molecule has 1 aliphatic heterocycles. The molecule has 4 rings (SSSR count). The fourth-order valence-electron chi connectivity index (χ4n) is 4.14. The fraction of sp³-hybridized carbons (Fsp3) is 0.500. The van der Waals surface area contributed by atoms with Gasteiger partial charge in [0.2, 0.25) is 0 Å². The first-order valence-corrected chi connectivity index (χ1v) is 9.57. The monoisotopic (exact) mass is 375 g/mol. The maximum Gasteiger partial charge on any atom is 0.273 e. The molecule has 0 bridgehead atoms. The van der Waals surface area contributed by atoms with Crippen LogP contribution in [0.2, 0.25) is 0 Å². The van der Waals surface area contributed by atoms with Gasteiger partial charge < -0.3 is 14.7 Å². The molecule has 1 aromatic heterocycles. The summed E-state index contributed by atoms with van der Waals surface area (Å²) in [5, 5.41) is 6.73. The third-order valence-corrected chi connectivity index (χ3v) is 5.65. The van der Waals surface area contributed by atoms with Crippen molar-refractivity contribution in [2.75, 3.05) is 13.1 Å². The van der Waals surface area contributed by atoms with E-state index in [0.29, 0.717) is 6.04 Å². The zero-order valence-electron chi connectivity index (χ0n) is 15.1. The third-order valence-electron chi connectivity index (χ3n) is 5.65. The SMILES string of the molecule is O=C(NC1CCN(C2CCCC2)CC1)c1cc(-c2ccc(F)cc2F)on1. The van der Waals surface area contributed by atoms with E-state index in [0.717, 1.165) is 38.1 Å². The van der Waals surface area contributed by atoms with E-state index in [-0.39, 0.29) is 29.0 Å². The first-order chi connectivity index (χ1) is 13.1. The molecule has 5 nitrogen and oxygen atoms in total. The van der Waals surface area contributed by atoms with Gasteiger partial charge in [-0.15, -0.1) is 0 Å². The van der Waals surface area contributed by atoms with Gasteiger partial charge in [0.1, 0.15) is 11.6 Å². The maximum atomic E-state index is 13.9. The number of nitrogens with zero attached hydrogens (tertiary/aromatic N) is 2. The molecule has 1 saturated heterocycles. The number of halogens is 2. The Labute approximate surface area is 156 Å². The van der Waals surface area contributed by atoms with Crippen LogP contribution in [-0.2, 0) is 0 Å². The Hall–Kier alpha value is -2.28. The summed E-state index contributed by atoms with van der Waals surface area (Å²) >= 11 is 0. The molecule has 1 N–H and O–H groups in total. The van der Waals surface area contributed by atoms with Crippen LogP contribution in [0.25, 0.3) is 11.3 Å². The van der Waals surface area contributed by atoms with Crippen molar-refractivity contribution in [2.45, 2.75) is 50.6 Å². The van der Waals surface area contributed by atoms with Gasteiger partial charge in [-0.05, 0) is 37.8 Å². The van der Waals surface area contributed by atoms with E-state index in [1.54, 1.807) is 0 Å². The highest BCUT2D eigenvalue weighted by Crippen LogP contribution is 2.27. The second-order valence-electron chi connectivity index (χ2n) is 7.42. The number of nitrogens with one attached hydrogen (secondary N) is 1. The molecular weight excluding hydrogens is 352 g/mol. The van der Waals surface area contributed by atoms with Gasteiger partial charge >= 0.3 is 0 Å². The summed E-state index contributed by atoms with van der Waals surface area (Å²) in [7, 11) is 0. The Morgan fingerprint density at radius 2 is 1.85 bits per heavy atom. The van der Waals surface area contributed by atoms with Gasteiger partial charge in [-0.25, -0.2) is 8.78 Å². The molecule has 1 aliphatic carbocycles. The second kappa shape index (κ2) is 7.76. The molecule has 0 unspecified atom stereocenters. The van der Waals surface area contributed by atoms with Crippen LogP contribution in [0.4, 0.5) is 8.78 Å². The number of benzene rings is 1. The predicted octanol–water partition coefficient (Wildman–Crippen LogP) is 3.76. The first-order valence-electron chi connectivity index (χ1n) is 9.57. The lowest BCUT2D eigenvalue weighted by atomic mass is 10.0. The van der Waals surface area contributed by atoms with Crippen molar-refractivity contribution in [3.8, 4) is 11.3 Å². The summed E-state index contributed by atoms with van der Waals surface area (Å²) in [6.07, 6.45) is 7.06. The number of aromatic nitrogens is 1. The summed E-state index contributed by atoms with van der Waals surface area (Å²) in [5.41, 5.74) is 0.180. The standard InChI is InChI=1S/C20H23F2N3O2/c21-13-5-6-16(17(22)11-13)19-12-18(24-27-19)20(26)23-14-7-9-25(10-8-14)15-3-1-2-4-15/h5-6,11-12,14-15H,1-4,7-10H2,(H,23,26). The molecule has 0 spiro atoms. The van der Waals surface area contributed by atoms with Crippen molar-refractivity contribution in [3.05, 3.63) is 41.6 Å². The molecule has 0 radical (unpaired) electrons. The highest BCUT2D eigenvalue weighted by molar-refractivity contribution is 5.93. The van der Waals surface area contributed by atoms with Crippen LogP contribution in [0.15, 0.2) is 28.8 Å². The lowest BCUT2D eigenvalue weighted by Gasteiger charge is -2.36. The van der Waals surface area contributed by atoms with Gasteiger partial charge in [0.15, 0.2) is 11.5 Å². The van der Waals surface area contributed by atoms with Gasteiger partial charge in [-0.3, -0.25) is 4.79 Å². The number of hydrogen-bond donors (Lipinski definition) is 1. The molecule has 2 aliphatic rings. The minimum atomic E-state index is -0.752. The average Bonchev–Trinajstić information content (AvgIpc) is 3.34. The molecule has 2 aromatic rings. The molecule has 144 valence electrons. The Bertz CT molecular complexity index is 809. The zero-order chi connectivity index (χ0) is 18.8. The summed E-state index contributed by atoms with van der Waals surface area (Å²) < 4.78 is 32.0. The van der Waals surface area contributed by atoms with Crippen LogP contribution in [0.3, 0.4) is 0 Å². The van der Waals surface area contributed by atoms with Crippen LogP contribution in [-0.4, -0.2) is 41.1 Å². The predicted molar refractivity (Wildman–Crippen MR) is 96.2 cm³/mol. The number of piperidine rings is 1. The van der Waals surface area contributed by atoms with Gasteiger partial charge in [0, 0.05) is 37.3 Å². The maximum absolute atomic E-state index is 13.9. The number of amides is 1. The van der Waals surface area contributed by atoms with E-state index in [1.807, 2.05) is 0 Å². The number of likely N-dealkylation sites (tertiary alicyclic amines) is 1. The largest absolute Gasteiger partial charge is 0.355 e. The van der Waals surface area contributed by atoms with E-state index in [4.69, 9.17) is 4.52 Å². The highest BCUT2D eigenvalue weighted by atomic mass is 19.1. The lowest BCUT2D eigenvalue weighted by molar-refractivity contribution is 0.0884. The molecule has 2 heterocycles. The van der Waals surface area contributed by atoms with Crippen molar-refractivity contribution < 1.29 is 18.1 Å². The van der Waals surface area contributed by atoms with Gasteiger partial charge in [-0.2, -0.15) is 0 Å². The Morgan fingerprint density at radius 1 is 1.11 bits per heavy atom. The number of carbonyl (C=O) groups excluding carboxylic acids is 1. The normalized spacial score (nSPS) is 19.5. The van der Waals surface area contributed by atoms with E-state index in [2.05, 4.69) is 15.4 Å². The fourth-order valence-corrected chi connectivity index (χ4v) is 4.14. The van der Waals surface area contributed by atoms with Crippen LogP contribution < -0.4 is 5.32 Å². The smallest absolute Gasteiger partial charge is 0.273 e. The average molecular weight is 375 g/mol. The van der Waals surface area contributed by atoms with Crippen molar-refractivity contribution in [3.63, 3.8) is 0 Å². The molecule has 1 amide bonds. The van der Waals surface area contributed by atoms with Crippen molar-refractivity contribution in [1.82, 2.24) is 15.4 Å². The summed E-state index contributed by atoms with van der Waals surface area (Å²) in [5.74, 6) is -1.64. The quantitative estimate of drug-likeness (QED) is 0.884. The van der Waals surface area contributed by atoms with E-state index in [9.17, 15) is 13.6 Å². The minimum Gasteiger partial charge on any atom is -0.355 e. The van der Waals surface area contributed by atoms with E-state index >= 15 is 0 Å². The minimum absolute atomic E-state index is 0.0767. The summed E-state index contributed by atoms with van der Waals surface area (Å²) in [6, 6.07) is 5.39. The molecule has 1 saturated carbocycles. The Kier molecular flexibility index (Phi) is 5.20. The van der Waals surface area contributed by atoms with Gasteiger partial charge in [0.25, 0.3) is 5.91 Å². The highest BCUT2D eigenvalue weighted by Gasteiger charge is 2.28. The molecule has 7 heteroatoms. The molecule has 2 fully saturated rings. The third kappa shape index (κ3) is 4.03. The van der Waals surface area contributed by atoms with Crippen molar-refractivity contribution >= 4 is 5.91 Å². The lowest BCUT2D eigenvalue weighted by Crippen LogP contribution is -2.47. The Balaban J connectivity index is 1.35. The molecule has 0 atom stereocenters. The summed E-state index contributed by atoms with van der Waals surface area (Å²) in [6.45, 7) is 2.00. The summed E-state index contributed by atoms with van der Waals surface area (Å²) in [4.78, 5) is 15.0. The second-order valence-corrected chi connectivity index (χ2v) is 7.42. The van der Waals surface area contributed by atoms with Crippen LogP contribution in [0.1, 0.15) is 49.0 Å². The molecule has 27 heavy (non-hydrogen) atoms. The zero-order valence-corrected chi connectivity index (χ0v) is 15.1. The van der Waals surface area contributed by atoms with E-state index in [1.165, 1.54) is 37.8 Å². The van der Waals surface area contributed by atoms with Crippen LogP contribution in [0, 0.1) is 11.6 Å². The van der Waals surface area contributed by atoms with Gasteiger partial charge in [-0.1, -0.05) is 18.0 Å². The number of rotatable bonds is 4. The van der Waals surface area contributed by atoms with Crippen molar-refractivity contribution in [1.29, 1.82) is 0 Å². The van der Waals surface area contributed by atoms with Crippen molar-refractivity contribution in [2.24, 2.45) is 0 Å². The van der Waals surface area contributed by atoms with Crippen LogP contribution >= 0.6 is 0 Å². The number of hydrogen-bond acceptors (Lipinski definition) is 4. The number of carbonyl (C=O) groups is 1. The van der Waals surface area contributed by atoms with Gasteiger partial charge in [0.05, 0.1) is 5.56 Å². The molecular formula is C20H23F2N3O2. The van der Waals surface area contributed by atoms with Crippen LogP contribution in [0.5, 0.6) is 0 Å². The topological polar surface area (TPSA) is 58.4 Å². The van der Waals surface area contributed by atoms with E-state index < -0.39 is 11.6 Å². The Morgan fingerprint density at radius 3 is 2.56 bits per heavy atom. The first kappa shape index (κ1) is 18.1. The molecule has 1 aromatic carbocycles.